The number of hydrogen-bond donors (Lipinski definition) is 1. The van der Waals surface area contributed by atoms with Gasteiger partial charge in [-0.15, -0.1) is 0 Å². The molecule has 0 aliphatic rings. The maximum atomic E-state index is 9.01. The number of nitriles is 1. The lowest BCUT2D eigenvalue weighted by molar-refractivity contribution is 0.477. The molecule has 0 radical (unpaired) electrons. The quantitative estimate of drug-likeness (QED) is 0.810. The Morgan fingerprint density at radius 2 is 1.95 bits per heavy atom. The molecule has 0 saturated heterocycles. The van der Waals surface area contributed by atoms with Gasteiger partial charge < -0.3 is 10.5 Å². The van der Waals surface area contributed by atoms with E-state index in [0.717, 1.165) is 21.9 Å². The number of hydrogen-bond acceptors (Lipinski definition) is 3. The SMILES string of the molecule is Cc1cc(Cl)c(C(C)C)cc1Oc1ccc(N)c(C#N)c1. The third-order valence-electron chi connectivity index (χ3n) is 3.29. The molecule has 2 aromatic carbocycles. The largest absolute Gasteiger partial charge is 0.457 e. The number of anilines is 1. The van der Waals surface area contributed by atoms with Crippen LogP contribution in [0, 0.1) is 18.3 Å². The van der Waals surface area contributed by atoms with Gasteiger partial charge in [0.15, 0.2) is 0 Å². The molecule has 0 aromatic heterocycles. The van der Waals surface area contributed by atoms with Crippen LogP contribution in [0.5, 0.6) is 11.5 Å². The van der Waals surface area contributed by atoms with Crippen LogP contribution in [-0.4, -0.2) is 0 Å². The van der Waals surface area contributed by atoms with E-state index in [1.165, 1.54) is 0 Å². The normalized spacial score (nSPS) is 10.5. The Morgan fingerprint density at radius 3 is 2.57 bits per heavy atom. The predicted octanol–water partition coefficient (Wildman–Crippen LogP) is 5.02. The fourth-order valence-electron chi connectivity index (χ4n) is 2.04. The minimum absolute atomic E-state index is 0.307. The molecule has 2 N–H and O–H groups in total. The van der Waals surface area contributed by atoms with E-state index in [4.69, 9.17) is 27.3 Å². The Kier molecular flexibility index (Phi) is 4.40. The molecule has 21 heavy (non-hydrogen) atoms. The molecule has 3 nitrogen and oxygen atoms in total. The maximum Gasteiger partial charge on any atom is 0.130 e. The maximum absolute atomic E-state index is 9.01. The van der Waals surface area contributed by atoms with E-state index in [1.807, 2.05) is 25.1 Å². The predicted molar refractivity (Wildman–Crippen MR) is 85.9 cm³/mol. The first-order valence-corrected chi connectivity index (χ1v) is 7.07. The van der Waals surface area contributed by atoms with Crippen molar-refractivity contribution in [2.45, 2.75) is 26.7 Å². The van der Waals surface area contributed by atoms with E-state index >= 15 is 0 Å². The minimum atomic E-state index is 0.307. The lowest BCUT2D eigenvalue weighted by Crippen LogP contribution is -1.95. The Hall–Kier alpha value is -2.18. The molecule has 0 unspecified atom stereocenters. The Morgan fingerprint density at radius 1 is 1.24 bits per heavy atom. The summed E-state index contributed by atoms with van der Waals surface area (Å²) in [5.41, 5.74) is 8.54. The molecule has 0 fully saturated rings. The highest BCUT2D eigenvalue weighted by Crippen LogP contribution is 2.34. The minimum Gasteiger partial charge on any atom is -0.457 e. The fraction of sp³-hybridized carbons (Fsp3) is 0.235. The highest BCUT2D eigenvalue weighted by Gasteiger charge is 2.11. The summed E-state index contributed by atoms with van der Waals surface area (Å²) in [5.74, 6) is 1.62. The van der Waals surface area contributed by atoms with Crippen molar-refractivity contribution in [2.24, 2.45) is 0 Å². The molecule has 0 saturated carbocycles. The van der Waals surface area contributed by atoms with Gasteiger partial charge in [0.2, 0.25) is 0 Å². The molecule has 0 atom stereocenters. The van der Waals surface area contributed by atoms with Crippen LogP contribution in [0.3, 0.4) is 0 Å². The summed E-state index contributed by atoms with van der Waals surface area (Å²) in [6.45, 7) is 6.10. The van der Waals surface area contributed by atoms with Crippen molar-refractivity contribution in [3.8, 4) is 17.6 Å². The summed E-state index contributed by atoms with van der Waals surface area (Å²) < 4.78 is 5.89. The fourth-order valence-corrected chi connectivity index (χ4v) is 2.48. The Balaban J connectivity index is 2.40. The number of nitrogen functional groups attached to an aromatic ring is 1. The van der Waals surface area contributed by atoms with E-state index in [2.05, 4.69) is 13.8 Å². The van der Waals surface area contributed by atoms with Crippen LogP contribution in [0.4, 0.5) is 5.69 Å². The second kappa shape index (κ2) is 6.07. The van der Waals surface area contributed by atoms with E-state index < -0.39 is 0 Å². The third kappa shape index (κ3) is 3.29. The topological polar surface area (TPSA) is 59.0 Å². The summed E-state index contributed by atoms with van der Waals surface area (Å²) in [5, 5.41) is 9.75. The Bertz CT molecular complexity index is 717. The van der Waals surface area contributed by atoms with Gasteiger partial charge in [0.25, 0.3) is 0 Å². The van der Waals surface area contributed by atoms with Gasteiger partial charge in [-0.25, -0.2) is 0 Å². The lowest BCUT2D eigenvalue weighted by Gasteiger charge is -2.14. The van der Waals surface area contributed by atoms with Crippen LogP contribution < -0.4 is 10.5 Å². The van der Waals surface area contributed by atoms with Crippen molar-refractivity contribution in [2.75, 3.05) is 5.73 Å². The number of nitrogens with two attached hydrogens (primary N) is 1. The molecule has 0 aliphatic carbocycles. The summed E-state index contributed by atoms with van der Waals surface area (Å²) in [7, 11) is 0. The van der Waals surface area contributed by atoms with Gasteiger partial charge in [0, 0.05) is 16.8 Å². The molecule has 108 valence electrons. The second-order valence-corrected chi connectivity index (χ2v) is 5.66. The number of halogens is 1. The van der Waals surface area contributed by atoms with Crippen LogP contribution in [0.2, 0.25) is 5.02 Å². The van der Waals surface area contributed by atoms with Gasteiger partial charge >= 0.3 is 0 Å². The zero-order valence-electron chi connectivity index (χ0n) is 12.3. The van der Waals surface area contributed by atoms with Crippen LogP contribution in [-0.2, 0) is 0 Å². The van der Waals surface area contributed by atoms with Crippen LogP contribution in [0.25, 0.3) is 0 Å². The monoisotopic (exact) mass is 300 g/mol. The number of benzene rings is 2. The first kappa shape index (κ1) is 15.2. The molecule has 0 amide bonds. The molecule has 4 heteroatoms. The van der Waals surface area contributed by atoms with Gasteiger partial charge in [0.05, 0.1) is 5.56 Å². The lowest BCUT2D eigenvalue weighted by atomic mass is 10.0. The summed E-state index contributed by atoms with van der Waals surface area (Å²) in [6.07, 6.45) is 0. The van der Waals surface area contributed by atoms with Gasteiger partial charge in [-0.2, -0.15) is 5.26 Å². The van der Waals surface area contributed by atoms with Crippen molar-refractivity contribution in [1.29, 1.82) is 5.26 Å². The summed E-state index contributed by atoms with van der Waals surface area (Å²) >= 11 is 6.25. The van der Waals surface area contributed by atoms with Crippen molar-refractivity contribution in [3.05, 3.63) is 52.0 Å². The second-order valence-electron chi connectivity index (χ2n) is 5.26. The summed E-state index contributed by atoms with van der Waals surface area (Å²) in [6, 6.07) is 11.0. The molecule has 2 rings (SSSR count). The van der Waals surface area contributed by atoms with E-state index in [0.29, 0.717) is 22.9 Å². The van der Waals surface area contributed by atoms with Crippen molar-refractivity contribution in [1.82, 2.24) is 0 Å². The highest BCUT2D eigenvalue weighted by molar-refractivity contribution is 6.31. The molecule has 0 spiro atoms. The average molecular weight is 301 g/mol. The first-order valence-electron chi connectivity index (χ1n) is 6.70. The number of ether oxygens (including phenoxy) is 1. The molecule has 0 aliphatic heterocycles. The molecule has 0 bridgehead atoms. The van der Waals surface area contributed by atoms with E-state index in [9.17, 15) is 0 Å². The molecule has 0 heterocycles. The van der Waals surface area contributed by atoms with Crippen molar-refractivity contribution in [3.63, 3.8) is 0 Å². The zero-order chi connectivity index (χ0) is 15.6. The smallest absolute Gasteiger partial charge is 0.130 e. The third-order valence-corrected chi connectivity index (χ3v) is 3.62. The molecular weight excluding hydrogens is 284 g/mol. The van der Waals surface area contributed by atoms with Gasteiger partial charge in [-0.3, -0.25) is 0 Å². The van der Waals surface area contributed by atoms with Crippen LogP contribution in [0.15, 0.2) is 30.3 Å². The van der Waals surface area contributed by atoms with Gasteiger partial charge in [-0.1, -0.05) is 25.4 Å². The highest BCUT2D eigenvalue weighted by atomic mass is 35.5. The van der Waals surface area contributed by atoms with E-state index in [1.54, 1.807) is 18.2 Å². The Labute approximate surface area is 129 Å². The number of rotatable bonds is 3. The van der Waals surface area contributed by atoms with Crippen molar-refractivity contribution < 1.29 is 4.74 Å². The average Bonchev–Trinajstić information content (AvgIpc) is 2.43. The molecular formula is C17H17ClN2O. The first-order chi connectivity index (χ1) is 9.92. The molecule has 2 aromatic rings. The number of nitrogens with zero attached hydrogens (tertiary/aromatic N) is 1. The van der Waals surface area contributed by atoms with Crippen LogP contribution >= 0.6 is 11.6 Å². The standard InChI is InChI=1S/C17H17ClN2O/c1-10(2)14-8-17(11(3)6-15(14)18)21-13-4-5-16(20)12(7-13)9-19/h4-8,10H,20H2,1-3H3. The van der Waals surface area contributed by atoms with Gasteiger partial charge in [-0.05, 0) is 48.2 Å². The van der Waals surface area contributed by atoms with Gasteiger partial charge in [0.1, 0.15) is 17.6 Å². The zero-order valence-corrected chi connectivity index (χ0v) is 13.0. The van der Waals surface area contributed by atoms with E-state index in [-0.39, 0.29) is 0 Å². The number of aryl methyl sites for hydroxylation is 1. The summed E-state index contributed by atoms with van der Waals surface area (Å²) in [4.78, 5) is 0. The van der Waals surface area contributed by atoms with Crippen LogP contribution in [0.1, 0.15) is 36.5 Å². The van der Waals surface area contributed by atoms with Crippen molar-refractivity contribution >= 4 is 17.3 Å².